The molecule has 0 unspecified atom stereocenters. The van der Waals surface area contributed by atoms with Gasteiger partial charge in [-0.1, -0.05) is 30.3 Å². The van der Waals surface area contributed by atoms with E-state index in [0.717, 1.165) is 56.4 Å². The maximum Gasteiger partial charge on any atom is 0.253 e. The summed E-state index contributed by atoms with van der Waals surface area (Å²) in [6.07, 6.45) is 3.89. The van der Waals surface area contributed by atoms with Crippen LogP contribution in [0.3, 0.4) is 0 Å². The summed E-state index contributed by atoms with van der Waals surface area (Å²) in [4.78, 5) is 21.6. The standard InChI is InChI=1S/C23H26N4O2/c1-29-21-9-7-20(8-10-21)23(28)27-17-14-25(15-18-27)13-16-26-12-11-24-22(26)19-5-3-2-4-6-19/h2-12H,13-18H2,1H3. The lowest BCUT2D eigenvalue weighted by Gasteiger charge is -2.35. The Morgan fingerprint density at radius 3 is 2.38 bits per heavy atom. The largest absolute Gasteiger partial charge is 0.497 e. The van der Waals surface area contributed by atoms with Crippen molar-refractivity contribution >= 4 is 5.91 Å². The van der Waals surface area contributed by atoms with Gasteiger partial charge in [-0.05, 0) is 24.3 Å². The minimum atomic E-state index is 0.0910. The zero-order chi connectivity index (χ0) is 20.1. The van der Waals surface area contributed by atoms with Crippen LogP contribution in [0.2, 0.25) is 0 Å². The first-order chi connectivity index (χ1) is 14.2. The Morgan fingerprint density at radius 2 is 1.69 bits per heavy atom. The predicted molar refractivity (Wildman–Crippen MR) is 113 cm³/mol. The van der Waals surface area contributed by atoms with Crippen LogP contribution in [0.15, 0.2) is 67.0 Å². The second-order valence-corrected chi connectivity index (χ2v) is 7.17. The number of carbonyl (C=O) groups excluding carboxylic acids is 1. The van der Waals surface area contributed by atoms with Crippen molar-refractivity contribution in [1.82, 2.24) is 19.4 Å². The van der Waals surface area contributed by atoms with Gasteiger partial charge in [0.25, 0.3) is 5.91 Å². The van der Waals surface area contributed by atoms with Crippen molar-refractivity contribution in [2.45, 2.75) is 6.54 Å². The molecule has 1 fully saturated rings. The van der Waals surface area contributed by atoms with Crippen LogP contribution >= 0.6 is 0 Å². The Morgan fingerprint density at radius 1 is 0.966 bits per heavy atom. The van der Waals surface area contributed by atoms with Crippen LogP contribution in [-0.2, 0) is 6.54 Å². The molecular weight excluding hydrogens is 364 g/mol. The van der Waals surface area contributed by atoms with Crippen molar-refractivity contribution in [3.8, 4) is 17.1 Å². The summed E-state index contributed by atoms with van der Waals surface area (Å²) in [7, 11) is 1.63. The summed E-state index contributed by atoms with van der Waals surface area (Å²) in [6, 6.07) is 17.6. The van der Waals surface area contributed by atoms with Gasteiger partial charge in [0.1, 0.15) is 11.6 Å². The third kappa shape index (κ3) is 4.49. The average molecular weight is 390 g/mol. The molecule has 1 aliphatic heterocycles. The van der Waals surface area contributed by atoms with Crippen LogP contribution in [0.5, 0.6) is 5.75 Å². The van der Waals surface area contributed by atoms with E-state index in [2.05, 4.69) is 26.6 Å². The smallest absolute Gasteiger partial charge is 0.253 e. The van der Waals surface area contributed by atoms with E-state index in [-0.39, 0.29) is 5.91 Å². The van der Waals surface area contributed by atoms with Gasteiger partial charge in [-0.25, -0.2) is 4.98 Å². The minimum Gasteiger partial charge on any atom is -0.497 e. The average Bonchev–Trinajstić information content (AvgIpc) is 3.27. The van der Waals surface area contributed by atoms with Crippen LogP contribution < -0.4 is 4.74 Å². The SMILES string of the molecule is COc1ccc(C(=O)N2CCN(CCn3ccnc3-c3ccccc3)CC2)cc1. The zero-order valence-electron chi connectivity index (χ0n) is 16.7. The fraction of sp³-hybridized carbons (Fsp3) is 0.304. The molecule has 1 saturated heterocycles. The van der Waals surface area contributed by atoms with Crippen molar-refractivity contribution in [3.05, 3.63) is 72.6 Å². The summed E-state index contributed by atoms with van der Waals surface area (Å²) in [6.45, 7) is 5.10. The molecule has 1 aliphatic rings. The molecule has 0 bridgehead atoms. The topological polar surface area (TPSA) is 50.6 Å². The molecule has 0 atom stereocenters. The van der Waals surface area contributed by atoms with Crippen molar-refractivity contribution in [2.75, 3.05) is 39.8 Å². The number of nitrogens with zero attached hydrogens (tertiary/aromatic N) is 4. The Bertz CT molecular complexity index is 929. The highest BCUT2D eigenvalue weighted by Gasteiger charge is 2.22. The number of hydrogen-bond donors (Lipinski definition) is 0. The molecule has 0 N–H and O–H groups in total. The van der Waals surface area contributed by atoms with Crippen LogP contribution in [0.1, 0.15) is 10.4 Å². The van der Waals surface area contributed by atoms with E-state index in [1.54, 1.807) is 7.11 Å². The first-order valence-corrected chi connectivity index (χ1v) is 9.97. The fourth-order valence-electron chi connectivity index (χ4n) is 3.68. The number of amides is 1. The molecule has 4 rings (SSSR count). The number of aromatic nitrogens is 2. The van der Waals surface area contributed by atoms with Crippen LogP contribution in [-0.4, -0.2) is 65.1 Å². The molecule has 2 heterocycles. The fourth-order valence-corrected chi connectivity index (χ4v) is 3.68. The molecule has 29 heavy (non-hydrogen) atoms. The third-order valence-corrected chi connectivity index (χ3v) is 5.40. The van der Waals surface area contributed by atoms with E-state index in [1.807, 2.05) is 59.8 Å². The molecule has 1 amide bonds. The number of piperazine rings is 1. The summed E-state index contributed by atoms with van der Waals surface area (Å²) in [5.74, 6) is 1.85. The normalized spacial score (nSPS) is 14.7. The van der Waals surface area contributed by atoms with Crippen LogP contribution in [0, 0.1) is 0 Å². The van der Waals surface area contributed by atoms with Crippen molar-refractivity contribution in [1.29, 1.82) is 0 Å². The summed E-state index contributed by atoms with van der Waals surface area (Å²) < 4.78 is 7.36. The van der Waals surface area contributed by atoms with E-state index < -0.39 is 0 Å². The molecule has 6 nitrogen and oxygen atoms in total. The van der Waals surface area contributed by atoms with Gasteiger partial charge in [0.05, 0.1) is 7.11 Å². The van der Waals surface area contributed by atoms with Gasteiger partial charge in [0.15, 0.2) is 0 Å². The maximum atomic E-state index is 12.7. The maximum absolute atomic E-state index is 12.7. The Labute approximate surface area is 171 Å². The quantitative estimate of drug-likeness (QED) is 0.649. The molecule has 0 spiro atoms. The lowest BCUT2D eigenvalue weighted by molar-refractivity contribution is 0.0633. The summed E-state index contributed by atoms with van der Waals surface area (Å²) >= 11 is 0. The number of ether oxygens (including phenoxy) is 1. The number of imidazole rings is 1. The number of carbonyl (C=O) groups is 1. The van der Waals surface area contributed by atoms with Crippen molar-refractivity contribution < 1.29 is 9.53 Å². The van der Waals surface area contributed by atoms with Gasteiger partial charge in [-0.3, -0.25) is 9.69 Å². The molecular formula is C23H26N4O2. The predicted octanol–water partition coefficient (Wildman–Crippen LogP) is 3.02. The molecule has 0 aliphatic carbocycles. The van der Waals surface area contributed by atoms with Gasteiger partial charge >= 0.3 is 0 Å². The molecule has 0 saturated carbocycles. The first-order valence-electron chi connectivity index (χ1n) is 9.97. The minimum absolute atomic E-state index is 0.0910. The Hall–Kier alpha value is -3.12. The van der Waals surface area contributed by atoms with Gasteiger partial charge in [-0.2, -0.15) is 0 Å². The van der Waals surface area contributed by atoms with Gasteiger partial charge in [0.2, 0.25) is 0 Å². The number of methoxy groups -OCH3 is 1. The second kappa shape index (κ2) is 8.92. The van der Waals surface area contributed by atoms with E-state index >= 15 is 0 Å². The zero-order valence-corrected chi connectivity index (χ0v) is 16.7. The highest BCUT2D eigenvalue weighted by molar-refractivity contribution is 5.94. The molecule has 150 valence electrons. The van der Waals surface area contributed by atoms with E-state index in [4.69, 9.17) is 4.74 Å². The highest BCUT2D eigenvalue weighted by atomic mass is 16.5. The molecule has 6 heteroatoms. The second-order valence-electron chi connectivity index (χ2n) is 7.17. The summed E-state index contributed by atoms with van der Waals surface area (Å²) in [5.41, 5.74) is 1.84. The van der Waals surface area contributed by atoms with Gasteiger partial charge in [-0.15, -0.1) is 0 Å². The number of hydrogen-bond acceptors (Lipinski definition) is 4. The van der Waals surface area contributed by atoms with Gasteiger partial charge in [0, 0.05) is 62.8 Å². The van der Waals surface area contributed by atoms with Crippen molar-refractivity contribution in [2.24, 2.45) is 0 Å². The van der Waals surface area contributed by atoms with E-state index in [1.165, 1.54) is 0 Å². The van der Waals surface area contributed by atoms with Crippen LogP contribution in [0.4, 0.5) is 0 Å². The number of benzene rings is 2. The molecule has 2 aromatic carbocycles. The first kappa shape index (κ1) is 19.2. The van der Waals surface area contributed by atoms with Crippen LogP contribution in [0.25, 0.3) is 11.4 Å². The molecule has 0 radical (unpaired) electrons. The Balaban J connectivity index is 1.29. The van der Waals surface area contributed by atoms with Gasteiger partial charge < -0.3 is 14.2 Å². The van der Waals surface area contributed by atoms with E-state index in [9.17, 15) is 4.79 Å². The number of rotatable bonds is 6. The Kier molecular flexibility index (Phi) is 5.91. The third-order valence-electron chi connectivity index (χ3n) is 5.40. The molecule has 3 aromatic rings. The van der Waals surface area contributed by atoms with E-state index in [0.29, 0.717) is 5.56 Å². The molecule has 1 aromatic heterocycles. The summed E-state index contributed by atoms with van der Waals surface area (Å²) in [5, 5.41) is 0. The van der Waals surface area contributed by atoms with Crippen molar-refractivity contribution in [3.63, 3.8) is 0 Å². The lowest BCUT2D eigenvalue weighted by Crippen LogP contribution is -2.49. The monoisotopic (exact) mass is 390 g/mol. The lowest BCUT2D eigenvalue weighted by atomic mass is 10.1. The highest BCUT2D eigenvalue weighted by Crippen LogP contribution is 2.17.